The minimum absolute atomic E-state index is 0.338. The summed E-state index contributed by atoms with van der Waals surface area (Å²) in [7, 11) is 0. The Balaban J connectivity index is 1.52. The predicted octanol–water partition coefficient (Wildman–Crippen LogP) is 4.06. The molecule has 0 fully saturated rings. The third-order valence-electron chi connectivity index (χ3n) is 5.18. The second-order valence-corrected chi connectivity index (χ2v) is 6.96. The Kier molecular flexibility index (Phi) is 3.74. The molecule has 2 aliphatic rings. The monoisotopic (exact) mass is 384 g/mol. The summed E-state index contributed by atoms with van der Waals surface area (Å²) in [6.45, 7) is 1.43. The molecule has 0 aliphatic carbocycles. The van der Waals surface area contributed by atoms with Crippen molar-refractivity contribution in [2.75, 3.05) is 11.4 Å². The van der Waals surface area contributed by atoms with E-state index in [2.05, 4.69) is 0 Å². The molecule has 29 heavy (non-hydrogen) atoms. The number of hydrogen-bond acceptors (Lipinski definition) is 4. The molecule has 2 heterocycles. The molecule has 0 saturated carbocycles. The summed E-state index contributed by atoms with van der Waals surface area (Å²) < 4.78 is 5.90. The van der Waals surface area contributed by atoms with E-state index in [0.29, 0.717) is 34.0 Å². The van der Waals surface area contributed by atoms with E-state index in [1.165, 1.54) is 4.90 Å². The van der Waals surface area contributed by atoms with E-state index in [-0.39, 0.29) is 12.5 Å². The van der Waals surface area contributed by atoms with Gasteiger partial charge in [-0.25, -0.2) is 0 Å². The maximum Gasteiger partial charge on any atom is 0.262 e. The SMILES string of the molecule is Cc1cccc2c1C(=O)N(CC(=O)N1c3ccccc3Oc3ccccc31)C2=O. The predicted molar refractivity (Wildman–Crippen MR) is 107 cm³/mol. The summed E-state index contributed by atoms with van der Waals surface area (Å²) >= 11 is 0. The van der Waals surface area contributed by atoms with Gasteiger partial charge in [-0.15, -0.1) is 0 Å². The van der Waals surface area contributed by atoms with Crippen molar-refractivity contribution in [2.45, 2.75) is 6.92 Å². The lowest BCUT2D eigenvalue weighted by atomic mass is 10.0. The molecule has 2 aliphatic heterocycles. The third kappa shape index (κ3) is 2.53. The molecule has 6 heteroatoms. The van der Waals surface area contributed by atoms with Gasteiger partial charge in [0.1, 0.15) is 6.54 Å². The number of amides is 3. The van der Waals surface area contributed by atoms with Crippen LogP contribution in [0.4, 0.5) is 11.4 Å². The number of hydrogen-bond donors (Lipinski definition) is 0. The van der Waals surface area contributed by atoms with Crippen molar-refractivity contribution in [2.24, 2.45) is 0 Å². The highest BCUT2D eigenvalue weighted by atomic mass is 16.5. The number of carbonyl (C=O) groups is 3. The summed E-state index contributed by atoms with van der Waals surface area (Å²) in [5.41, 5.74) is 2.57. The van der Waals surface area contributed by atoms with Crippen LogP contribution in [0.25, 0.3) is 0 Å². The normalized spacial score (nSPS) is 14.2. The molecule has 0 spiro atoms. The standard InChI is InChI=1S/C23H16N2O4/c1-14-7-6-8-15-21(14)23(28)24(22(15)27)13-20(26)25-16-9-2-4-11-18(16)29-19-12-5-3-10-17(19)25/h2-12H,13H2,1H3. The van der Waals surface area contributed by atoms with Gasteiger partial charge in [-0.1, -0.05) is 36.4 Å². The van der Waals surface area contributed by atoms with E-state index < -0.39 is 11.8 Å². The van der Waals surface area contributed by atoms with E-state index in [4.69, 9.17) is 4.74 Å². The maximum absolute atomic E-state index is 13.3. The van der Waals surface area contributed by atoms with Crippen molar-refractivity contribution in [3.05, 3.63) is 83.4 Å². The van der Waals surface area contributed by atoms with Crippen LogP contribution in [0.3, 0.4) is 0 Å². The van der Waals surface area contributed by atoms with Gasteiger partial charge < -0.3 is 4.74 Å². The second-order valence-electron chi connectivity index (χ2n) is 6.96. The molecule has 3 aromatic carbocycles. The average Bonchev–Trinajstić information content (AvgIpc) is 2.97. The molecule has 0 radical (unpaired) electrons. The maximum atomic E-state index is 13.3. The highest BCUT2D eigenvalue weighted by Crippen LogP contribution is 2.46. The number of benzene rings is 3. The third-order valence-corrected chi connectivity index (χ3v) is 5.18. The zero-order valence-electron chi connectivity index (χ0n) is 15.6. The first kappa shape index (κ1) is 17.2. The molecule has 0 bridgehead atoms. The smallest absolute Gasteiger partial charge is 0.262 e. The van der Waals surface area contributed by atoms with Gasteiger partial charge in [-0.2, -0.15) is 0 Å². The number of imide groups is 1. The van der Waals surface area contributed by atoms with E-state index in [1.54, 1.807) is 49.4 Å². The van der Waals surface area contributed by atoms with Crippen LogP contribution in [0.2, 0.25) is 0 Å². The molecule has 0 aromatic heterocycles. The van der Waals surface area contributed by atoms with Crippen molar-refractivity contribution in [1.82, 2.24) is 4.90 Å². The van der Waals surface area contributed by atoms with Crippen molar-refractivity contribution in [1.29, 1.82) is 0 Å². The Labute approximate surface area is 166 Å². The minimum atomic E-state index is -0.447. The fourth-order valence-corrected chi connectivity index (χ4v) is 3.83. The van der Waals surface area contributed by atoms with Gasteiger partial charge in [-0.05, 0) is 42.8 Å². The zero-order valence-corrected chi connectivity index (χ0v) is 15.6. The van der Waals surface area contributed by atoms with E-state index in [9.17, 15) is 14.4 Å². The van der Waals surface area contributed by atoms with Crippen LogP contribution in [-0.4, -0.2) is 29.2 Å². The first-order chi connectivity index (χ1) is 14.1. The first-order valence-electron chi connectivity index (χ1n) is 9.21. The highest BCUT2D eigenvalue weighted by Gasteiger charge is 2.39. The number of fused-ring (bicyclic) bond motifs is 3. The molecule has 5 rings (SSSR count). The van der Waals surface area contributed by atoms with E-state index >= 15 is 0 Å². The lowest BCUT2D eigenvalue weighted by Gasteiger charge is -2.31. The van der Waals surface area contributed by atoms with Crippen LogP contribution in [0.15, 0.2) is 66.7 Å². The molecule has 142 valence electrons. The van der Waals surface area contributed by atoms with E-state index in [0.717, 1.165) is 10.5 Å². The number of nitrogens with zero attached hydrogens (tertiary/aromatic N) is 2. The molecule has 3 aromatic rings. The van der Waals surface area contributed by atoms with Crippen LogP contribution in [0.5, 0.6) is 11.5 Å². The molecule has 6 nitrogen and oxygen atoms in total. The van der Waals surface area contributed by atoms with Crippen LogP contribution >= 0.6 is 0 Å². The number of aryl methyl sites for hydroxylation is 1. The van der Waals surface area contributed by atoms with Gasteiger partial charge in [0.25, 0.3) is 17.7 Å². The molecule has 0 N–H and O–H groups in total. The molecular weight excluding hydrogens is 368 g/mol. The summed E-state index contributed by atoms with van der Waals surface area (Å²) in [4.78, 5) is 41.5. The number of anilines is 2. The first-order valence-corrected chi connectivity index (χ1v) is 9.21. The van der Waals surface area contributed by atoms with Gasteiger partial charge in [0.15, 0.2) is 11.5 Å². The van der Waals surface area contributed by atoms with Crippen molar-refractivity contribution in [3.8, 4) is 11.5 Å². The van der Waals surface area contributed by atoms with E-state index in [1.807, 2.05) is 24.3 Å². The molecule has 3 amide bonds. The number of rotatable bonds is 2. The Bertz CT molecular complexity index is 1160. The van der Waals surface area contributed by atoms with Gasteiger partial charge in [0.05, 0.1) is 22.5 Å². The van der Waals surface area contributed by atoms with Gasteiger partial charge in [-0.3, -0.25) is 24.2 Å². The number of para-hydroxylation sites is 4. The summed E-state index contributed by atoms with van der Waals surface area (Å²) in [6, 6.07) is 19.5. The summed E-state index contributed by atoms with van der Waals surface area (Å²) in [6.07, 6.45) is 0. The van der Waals surface area contributed by atoms with Crippen LogP contribution in [0, 0.1) is 6.92 Å². The minimum Gasteiger partial charge on any atom is -0.453 e. The molecular formula is C23H16N2O4. The fraction of sp³-hybridized carbons (Fsp3) is 0.0870. The average molecular weight is 384 g/mol. The Hall–Kier alpha value is -3.93. The van der Waals surface area contributed by atoms with Crippen molar-refractivity contribution in [3.63, 3.8) is 0 Å². The lowest BCUT2D eigenvalue weighted by Crippen LogP contribution is -2.41. The van der Waals surface area contributed by atoms with Crippen LogP contribution < -0.4 is 9.64 Å². The quantitative estimate of drug-likeness (QED) is 0.625. The lowest BCUT2D eigenvalue weighted by molar-refractivity contribution is -0.118. The van der Waals surface area contributed by atoms with Gasteiger partial charge in [0, 0.05) is 0 Å². The summed E-state index contributed by atoms with van der Waals surface area (Å²) in [5.74, 6) is -0.195. The fourth-order valence-electron chi connectivity index (χ4n) is 3.83. The number of ether oxygens (including phenoxy) is 1. The topological polar surface area (TPSA) is 66.9 Å². The zero-order chi connectivity index (χ0) is 20.1. The Morgan fingerprint density at radius 3 is 2.07 bits per heavy atom. The summed E-state index contributed by atoms with van der Waals surface area (Å²) in [5, 5.41) is 0. The molecule has 0 atom stereocenters. The molecule has 0 unspecified atom stereocenters. The number of carbonyl (C=O) groups excluding carboxylic acids is 3. The second kappa shape index (κ2) is 6.31. The Morgan fingerprint density at radius 2 is 1.45 bits per heavy atom. The largest absolute Gasteiger partial charge is 0.453 e. The Morgan fingerprint density at radius 1 is 0.828 bits per heavy atom. The van der Waals surface area contributed by atoms with Crippen LogP contribution in [-0.2, 0) is 4.79 Å². The molecule has 0 saturated heterocycles. The van der Waals surface area contributed by atoms with Crippen molar-refractivity contribution < 1.29 is 19.1 Å². The van der Waals surface area contributed by atoms with Gasteiger partial charge >= 0.3 is 0 Å². The van der Waals surface area contributed by atoms with Gasteiger partial charge in [0.2, 0.25) is 0 Å². The van der Waals surface area contributed by atoms with Crippen molar-refractivity contribution >= 4 is 29.1 Å². The highest BCUT2D eigenvalue weighted by molar-refractivity contribution is 6.23. The van der Waals surface area contributed by atoms with Crippen LogP contribution in [0.1, 0.15) is 26.3 Å².